The van der Waals surface area contributed by atoms with E-state index in [1.54, 1.807) is 35.9 Å². The van der Waals surface area contributed by atoms with Gasteiger partial charge in [-0.2, -0.15) is 5.10 Å². The van der Waals surface area contributed by atoms with Crippen LogP contribution >= 0.6 is 11.6 Å². The molecule has 7 heteroatoms. The predicted octanol–water partition coefficient (Wildman–Crippen LogP) is 1.96. The molecule has 0 spiro atoms. The van der Waals surface area contributed by atoms with Gasteiger partial charge in [-0.25, -0.2) is 4.68 Å². The van der Waals surface area contributed by atoms with Crippen LogP contribution in [-0.2, 0) is 4.74 Å². The van der Waals surface area contributed by atoms with Gasteiger partial charge in [0.2, 0.25) is 5.43 Å². The van der Waals surface area contributed by atoms with Crippen molar-refractivity contribution in [2.24, 2.45) is 5.92 Å². The lowest BCUT2D eigenvalue weighted by Gasteiger charge is -2.12. The highest BCUT2D eigenvalue weighted by Crippen LogP contribution is 2.14. The summed E-state index contributed by atoms with van der Waals surface area (Å²) in [6.45, 7) is 3.60. The van der Waals surface area contributed by atoms with E-state index in [0.29, 0.717) is 30.5 Å². The summed E-state index contributed by atoms with van der Waals surface area (Å²) in [6, 6.07) is 8.44. The van der Waals surface area contributed by atoms with Crippen LogP contribution in [-0.4, -0.2) is 35.4 Å². The Morgan fingerprint density at radius 2 is 2.17 bits per heavy atom. The van der Waals surface area contributed by atoms with Crippen molar-refractivity contribution in [2.45, 2.75) is 13.3 Å². The molecule has 1 N–H and O–H groups in total. The van der Waals surface area contributed by atoms with E-state index in [2.05, 4.69) is 10.4 Å². The van der Waals surface area contributed by atoms with Gasteiger partial charge in [-0.05, 0) is 37.6 Å². The first-order valence-corrected chi connectivity index (χ1v) is 8.15. The lowest BCUT2D eigenvalue weighted by atomic mass is 10.1. The second kappa shape index (κ2) is 7.15. The summed E-state index contributed by atoms with van der Waals surface area (Å²) in [5.74, 6) is -0.174. The Balaban J connectivity index is 1.84. The van der Waals surface area contributed by atoms with Crippen LogP contribution in [0.3, 0.4) is 0 Å². The van der Waals surface area contributed by atoms with Gasteiger partial charge in [0.15, 0.2) is 5.69 Å². The van der Waals surface area contributed by atoms with E-state index in [1.807, 2.05) is 0 Å². The van der Waals surface area contributed by atoms with Crippen LogP contribution in [0.1, 0.15) is 22.6 Å². The van der Waals surface area contributed by atoms with Crippen molar-refractivity contribution in [3.05, 3.63) is 57.0 Å². The molecular formula is C17H18ClN3O3. The second-order valence-corrected chi connectivity index (χ2v) is 6.26. The Hall–Kier alpha value is -2.18. The number of ether oxygens (including phenoxy) is 1. The zero-order valence-electron chi connectivity index (χ0n) is 13.3. The number of carbonyl (C=O) groups excluding carboxylic acids is 1. The van der Waals surface area contributed by atoms with Crippen molar-refractivity contribution in [1.29, 1.82) is 0 Å². The molecule has 2 aromatic rings. The predicted molar refractivity (Wildman–Crippen MR) is 90.8 cm³/mol. The molecule has 1 aliphatic rings. The number of amides is 1. The minimum atomic E-state index is -0.463. The van der Waals surface area contributed by atoms with Crippen molar-refractivity contribution < 1.29 is 9.53 Å². The van der Waals surface area contributed by atoms with Gasteiger partial charge in [0.25, 0.3) is 5.91 Å². The van der Waals surface area contributed by atoms with Crippen LogP contribution in [0.15, 0.2) is 35.1 Å². The van der Waals surface area contributed by atoms with Gasteiger partial charge in [0, 0.05) is 35.9 Å². The molecule has 0 bridgehead atoms. The molecule has 126 valence electrons. The zero-order chi connectivity index (χ0) is 17.1. The summed E-state index contributed by atoms with van der Waals surface area (Å²) in [4.78, 5) is 24.5. The van der Waals surface area contributed by atoms with E-state index >= 15 is 0 Å². The third kappa shape index (κ3) is 3.66. The van der Waals surface area contributed by atoms with Crippen molar-refractivity contribution in [2.75, 3.05) is 19.8 Å². The smallest absolute Gasteiger partial charge is 0.275 e. The Labute approximate surface area is 144 Å². The normalized spacial score (nSPS) is 17.0. The van der Waals surface area contributed by atoms with Gasteiger partial charge in [-0.1, -0.05) is 11.6 Å². The molecule has 1 amide bonds. The molecule has 1 aromatic heterocycles. The van der Waals surface area contributed by atoms with Gasteiger partial charge in [0.1, 0.15) is 0 Å². The van der Waals surface area contributed by atoms with Crippen LogP contribution in [0.25, 0.3) is 5.69 Å². The molecule has 2 heterocycles. The van der Waals surface area contributed by atoms with Crippen LogP contribution in [0, 0.1) is 12.8 Å². The highest BCUT2D eigenvalue weighted by Gasteiger charge is 2.19. The minimum Gasteiger partial charge on any atom is -0.381 e. The van der Waals surface area contributed by atoms with Crippen molar-refractivity contribution in [1.82, 2.24) is 15.1 Å². The molecule has 0 unspecified atom stereocenters. The van der Waals surface area contributed by atoms with Gasteiger partial charge in [-0.3, -0.25) is 9.59 Å². The van der Waals surface area contributed by atoms with E-state index in [1.165, 1.54) is 6.07 Å². The molecule has 3 rings (SSSR count). The maximum absolute atomic E-state index is 12.3. The van der Waals surface area contributed by atoms with Crippen molar-refractivity contribution in [3.63, 3.8) is 0 Å². The maximum atomic E-state index is 12.3. The topological polar surface area (TPSA) is 73.2 Å². The van der Waals surface area contributed by atoms with E-state index in [-0.39, 0.29) is 11.6 Å². The Morgan fingerprint density at radius 3 is 2.83 bits per heavy atom. The van der Waals surface area contributed by atoms with Gasteiger partial charge in [0.05, 0.1) is 12.3 Å². The lowest BCUT2D eigenvalue weighted by molar-refractivity contribution is 0.0937. The molecule has 1 fully saturated rings. The van der Waals surface area contributed by atoms with Gasteiger partial charge in [-0.15, -0.1) is 0 Å². The summed E-state index contributed by atoms with van der Waals surface area (Å²) in [6.07, 6.45) is 0.913. The van der Waals surface area contributed by atoms with Crippen LogP contribution in [0.5, 0.6) is 0 Å². The first-order valence-electron chi connectivity index (χ1n) is 7.77. The molecule has 24 heavy (non-hydrogen) atoms. The van der Waals surface area contributed by atoms with Crippen LogP contribution < -0.4 is 10.7 Å². The van der Waals surface area contributed by atoms with Crippen LogP contribution in [0.2, 0.25) is 5.02 Å². The van der Waals surface area contributed by atoms with E-state index in [9.17, 15) is 9.59 Å². The lowest BCUT2D eigenvalue weighted by Crippen LogP contribution is -2.35. The largest absolute Gasteiger partial charge is 0.381 e. The first kappa shape index (κ1) is 16.7. The van der Waals surface area contributed by atoms with Crippen molar-refractivity contribution >= 4 is 17.5 Å². The average molecular weight is 348 g/mol. The highest BCUT2D eigenvalue weighted by atomic mass is 35.5. The fraction of sp³-hybridized carbons (Fsp3) is 0.353. The van der Waals surface area contributed by atoms with E-state index in [0.717, 1.165) is 12.1 Å². The quantitative estimate of drug-likeness (QED) is 0.917. The molecule has 6 nitrogen and oxygen atoms in total. The number of hydrogen-bond acceptors (Lipinski definition) is 4. The number of rotatable bonds is 4. The first-order chi connectivity index (χ1) is 11.5. The SMILES string of the molecule is Cc1cc(=O)c(C(=O)NC[C@H]2CCOC2)nn1-c1ccc(Cl)cc1. The summed E-state index contributed by atoms with van der Waals surface area (Å²) in [5, 5.41) is 7.61. The minimum absolute atomic E-state index is 0.116. The number of halogens is 1. The molecular weight excluding hydrogens is 330 g/mol. The molecule has 0 radical (unpaired) electrons. The van der Waals surface area contributed by atoms with E-state index in [4.69, 9.17) is 16.3 Å². The van der Waals surface area contributed by atoms with Gasteiger partial charge >= 0.3 is 0 Å². The highest BCUT2D eigenvalue weighted by molar-refractivity contribution is 6.30. The van der Waals surface area contributed by atoms with Gasteiger partial charge < -0.3 is 10.1 Å². The third-order valence-corrected chi connectivity index (χ3v) is 4.22. The summed E-state index contributed by atoms with van der Waals surface area (Å²) in [5.41, 5.74) is 0.866. The number of hydrogen-bond donors (Lipinski definition) is 1. The Kier molecular flexibility index (Phi) is 4.97. The van der Waals surface area contributed by atoms with E-state index < -0.39 is 11.3 Å². The fourth-order valence-electron chi connectivity index (χ4n) is 2.61. The third-order valence-electron chi connectivity index (χ3n) is 3.97. The number of carbonyl (C=O) groups is 1. The molecule has 0 aliphatic carbocycles. The standard InChI is InChI=1S/C17H18ClN3O3/c1-11-8-15(22)16(17(23)19-9-12-6-7-24-10-12)20-21(11)14-4-2-13(18)3-5-14/h2-5,8,12H,6-7,9-10H2,1H3,(H,19,23)/t12-/m1/s1. The summed E-state index contributed by atoms with van der Waals surface area (Å²) >= 11 is 5.90. The number of benzene rings is 1. The Morgan fingerprint density at radius 1 is 1.42 bits per heavy atom. The average Bonchev–Trinajstić information content (AvgIpc) is 3.07. The number of aromatic nitrogens is 2. The summed E-state index contributed by atoms with van der Waals surface area (Å²) < 4.78 is 6.84. The Bertz CT molecular complexity index is 796. The summed E-state index contributed by atoms with van der Waals surface area (Å²) in [7, 11) is 0. The molecule has 0 saturated carbocycles. The molecule has 1 atom stereocenters. The van der Waals surface area contributed by atoms with Crippen molar-refractivity contribution in [3.8, 4) is 5.69 Å². The number of nitrogens with zero attached hydrogens (tertiary/aromatic N) is 2. The maximum Gasteiger partial charge on any atom is 0.275 e. The molecule has 1 aromatic carbocycles. The second-order valence-electron chi connectivity index (χ2n) is 5.83. The number of nitrogens with one attached hydrogen (secondary N) is 1. The monoisotopic (exact) mass is 347 g/mol. The fourth-order valence-corrected chi connectivity index (χ4v) is 2.74. The zero-order valence-corrected chi connectivity index (χ0v) is 14.0. The molecule has 1 aliphatic heterocycles. The van der Waals surface area contributed by atoms with Crippen LogP contribution in [0.4, 0.5) is 0 Å². The number of aryl methyl sites for hydroxylation is 1. The molecule has 1 saturated heterocycles.